The minimum atomic E-state index is -1.25. The summed E-state index contributed by atoms with van der Waals surface area (Å²) in [6.45, 7) is 1.51. The van der Waals surface area contributed by atoms with E-state index in [1.807, 2.05) is 6.07 Å². The normalized spacial score (nSPS) is 16.2. The first-order chi connectivity index (χ1) is 5.17. The van der Waals surface area contributed by atoms with Gasteiger partial charge in [-0.25, -0.2) is 0 Å². The number of benzene rings is 1. The van der Waals surface area contributed by atoms with Crippen LogP contribution in [0.2, 0.25) is 0 Å². The van der Waals surface area contributed by atoms with Gasteiger partial charge in [-0.05, 0) is 12.5 Å². The Bertz CT molecular complexity index is 244. The Morgan fingerprint density at radius 1 is 1.36 bits per heavy atom. The van der Waals surface area contributed by atoms with Crippen LogP contribution in [0.4, 0.5) is 0 Å². The average Bonchev–Trinajstić information content (AvgIpc) is 2.06. The van der Waals surface area contributed by atoms with E-state index in [1.54, 1.807) is 24.3 Å². The van der Waals surface area contributed by atoms with Crippen molar-refractivity contribution in [2.45, 2.75) is 12.3 Å². The highest BCUT2D eigenvalue weighted by Gasteiger charge is 2.22. The molecule has 1 unspecified atom stereocenters. The predicted octanol–water partition coefficient (Wildman–Crippen LogP) is 2.14. The molecule has 0 aliphatic heterocycles. The van der Waals surface area contributed by atoms with Gasteiger partial charge >= 0.3 is 0 Å². The van der Waals surface area contributed by atoms with Gasteiger partial charge in [-0.3, -0.25) is 4.57 Å². The third-order valence-corrected chi connectivity index (χ3v) is 2.11. The summed E-state index contributed by atoms with van der Waals surface area (Å²) < 4.78 is 10.5. The second-order valence-electron chi connectivity index (χ2n) is 2.48. The highest BCUT2D eigenvalue weighted by Crippen LogP contribution is 2.30. The minimum absolute atomic E-state index is 0.273. The van der Waals surface area contributed by atoms with Crippen LogP contribution < -0.4 is 0 Å². The van der Waals surface area contributed by atoms with Crippen molar-refractivity contribution in [1.82, 2.24) is 0 Å². The molecule has 2 nitrogen and oxygen atoms in total. The van der Waals surface area contributed by atoms with E-state index in [4.69, 9.17) is 0 Å². The smallest absolute Gasteiger partial charge is 0.195 e. The molecular weight excluding hydrogens is 159 g/mol. The van der Waals surface area contributed by atoms with Gasteiger partial charge in [0, 0.05) is 0 Å². The number of aliphatic hydroxyl groups is 1. The molecule has 0 aliphatic carbocycles. The molecule has 0 aliphatic rings. The van der Waals surface area contributed by atoms with E-state index in [9.17, 15) is 9.67 Å². The summed E-state index contributed by atoms with van der Waals surface area (Å²) in [6.07, 6.45) is 0. The summed E-state index contributed by atoms with van der Waals surface area (Å²) in [5.41, 5.74) is 0.664. The van der Waals surface area contributed by atoms with Gasteiger partial charge in [0.15, 0.2) is 13.8 Å². The lowest BCUT2D eigenvalue weighted by atomic mass is 10.1. The SMILES string of the molecule is CC(O)(P=O)c1ccccc1. The maximum atomic E-state index is 10.5. The Morgan fingerprint density at radius 3 is 2.36 bits per heavy atom. The molecule has 0 spiro atoms. The lowest BCUT2D eigenvalue weighted by Gasteiger charge is -2.13. The Hall–Kier alpha value is -0.720. The quantitative estimate of drug-likeness (QED) is 0.687. The number of rotatable bonds is 2. The van der Waals surface area contributed by atoms with Crippen molar-refractivity contribution in [2.24, 2.45) is 0 Å². The summed E-state index contributed by atoms with van der Waals surface area (Å²) in [4.78, 5) is 0. The van der Waals surface area contributed by atoms with Gasteiger partial charge in [0.2, 0.25) is 0 Å². The van der Waals surface area contributed by atoms with Crippen molar-refractivity contribution in [3.8, 4) is 0 Å². The fraction of sp³-hybridized carbons (Fsp3) is 0.250. The highest BCUT2D eigenvalue weighted by molar-refractivity contribution is 7.25. The molecule has 1 N–H and O–H groups in total. The Morgan fingerprint density at radius 2 is 1.91 bits per heavy atom. The van der Waals surface area contributed by atoms with Crippen molar-refractivity contribution < 1.29 is 9.67 Å². The molecule has 1 rings (SSSR count). The van der Waals surface area contributed by atoms with E-state index in [-0.39, 0.29) is 8.46 Å². The van der Waals surface area contributed by atoms with Crippen molar-refractivity contribution in [2.75, 3.05) is 0 Å². The fourth-order valence-electron chi connectivity index (χ4n) is 0.807. The predicted molar refractivity (Wildman–Crippen MR) is 43.6 cm³/mol. The summed E-state index contributed by atoms with van der Waals surface area (Å²) in [5.74, 6) is 0. The second kappa shape index (κ2) is 3.12. The van der Waals surface area contributed by atoms with Crippen molar-refractivity contribution in [1.29, 1.82) is 0 Å². The fourth-order valence-corrected chi connectivity index (χ4v) is 1.06. The monoisotopic (exact) mass is 168 g/mol. The van der Waals surface area contributed by atoms with Crippen LogP contribution in [-0.2, 0) is 9.91 Å². The molecule has 0 aromatic heterocycles. The summed E-state index contributed by atoms with van der Waals surface area (Å²) >= 11 is 0. The van der Waals surface area contributed by atoms with Crippen molar-refractivity contribution >= 4 is 8.46 Å². The molecule has 0 amide bonds. The van der Waals surface area contributed by atoms with Crippen molar-refractivity contribution in [3.05, 3.63) is 35.9 Å². The Labute approximate surface area is 67.1 Å². The molecule has 1 atom stereocenters. The zero-order valence-corrected chi connectivity index (χ0v) is 7.08. The van der Waals surface area contributed by atoms with Crippen molar-refractivity contribution in [3.63, 3.8) is 0 Å². The van der Waals surface area contributed by atoms with Crippen LogP contribution in [0.15, 0.2) is 30.3 Å². The third kappa shape index (κ3) is 1.86. The summed E-state index contributed by atoms with van der Waals surface area (Å²) in [6, 6.07) is 8.93. The van der Waals surface area contributed by atoms with Gasteiger partial charge in [0.25, 0.3) is 0 Å². The van der Waals surface area contributed by atoms with E-state index < -0.39 is 5.34 Å². The second-order valence-corrected chi connectivity index (χ2v) is 3.53. The summed E-state index contributed by atoms with van der Waals surface area (Å²) in [5, 5.41) is 8.22. The Kier molecular flexibility index (Phi) is 2.38. The summed E-state index contributed by atoms with van der Waals surface area (Å²) in [7, 11) is -0.273. The van der Waals surface area contributed by atoms with Gasteiger partial charge in [0.05, 0.1) is 0 Å². The lowest BCUT2D eigenvalue weighted by molar-refractivity contribution is 0.151. The van der Waals surface area contributed by atoms with Gasteiger partial charge < -0.3 is 5.11 Å². The first-order valence-electron chi connectivity index (χ1n) is 3.29. The van der Waals surface area contributed by atoms with E-state index in [1.165, 1.54) is 6.92 Å². The van der Waals surface area contributed by atoms with Gasteiger partial charge in [-0.1, -0.05) is 30.3 Å². The zero-order chi connectivity index (χ0) is 8.32. The van der Waals surface area contributed by atoms with Gasteiger partial charge in [0.1, 0.15) is 0 Å². The van der Waals surface area contributed by atoms with Crippen LogP contribution >= 0.6 is 8.46 Å². The van der Waals surface area contributed by atoms with E-state index in [0.717, 1.165) is 0 Å². The molecule has 58 valence electrons. The molecule has 0 saturated carbocycles. The molecule has 1 aromatic rings. The molecule has 0 heterocycles. The standard InChI is InChI=1S/C8H9O2P/c1-8(9,11-10)7-5-3-2-4-6-7/h2-6,9H,1H3. The molecule has 0 fully saturated rings. The van der Waals surface area contributed by atoms with Crippen LogP contribution in [0.5, 0.6) is 0 Å². The molecular formula is C8H9O2P. The molecule has 0 radical (unpaired) electrons. The molecule has 1 aromatic carbocycles. The number of hydrogen-bond acceptors (Lipinski definition) is 2. The Balaban J connectivity index is 3.02. The van der Waals surface area contributed by atoms with Gasteiger partial charge in [-0.2, -0.15) is 0 Å². The maximum absolute atomic E-state index is 10.5. The van der Waals surface area contributed by atoms with Crippen LogP contribution in [0.1, 0.15) is 12.5 Å². The van der Waals surface area contributed by atoms with Crippen LogP contribution in [0, 0.1) is 0 Å². The first-order valence-corrected chi connectivity index (χ1v) is 4.10. The van der Waals surface area contributed by atoms with Crippen LogP contribution in [0.3, 0.4) is 0 Å². The third-order valence-electron chi connectivity index (χ3n) is 1.50. The van der Waals surface area contributed by atoms with E-state index >= 15 is 0 Å². The maximum Gasteiger partial charge on any atom is 0.195 e. The lowest BCUT2D eigenvalue weighted by Crippen LogP contribution is -2.11. The molecule has 11 heavy (non-hydrogen) atoms. The zero-order valence-electron chi connectivity index (χ0n) is 6.19. The van der Waals surface area contributed by atoms with Gasteiger partial charge in [-0.15, -0.1) is 0 Å². The largest absolute Gasteiger partial charge is 0.374 e. The first kappa shape index (κ1) is 8.38. The minimum Gasteiger partial charge on any atom is -0.374 e. The van der Waals surface area contributed by atoms with E-state index in [2.05, 4.69) is 0 Å². The molecule has 3 heteroatoms. The molecule has 0 bridgehead atoms. The van der Waals surface area contributed by atoms with Crippen LogP contribution in [-0.4, -0.2) is 5.11 Å². The number of hydrogen-bond donors (Lipinski definition) is 1. The average molecular weight is 168 g/mol. The highest BCUT2D eigenvalue weighted by atomic mass is 31.1. The van der Waals surface area contributed by atoms with Crippen LogP contribution in [0.25, 0.3) is 0 Å². The topological polar surface area (TPSA) is 37.3 Å². The molecule has 0 saturated heterocycles. The van der Waals surface area contributed by atoms with E-state index in [0.29, 0.717) is 5.56 Å².